The van der Waals surface area contributed by atoms with Gasteiger partial charge in [0.15, 0.2) is 11.5 Å². The number of hydrogen-bond donors (Lipinski definition) is 1. The second kappa shape index (κ2) is 7.93. The molecule has 0 amide bonds. The van der Waals surface area contributed by atoms with E-state index in [1.807, 2.05) is 20.0 Å². The first-order valence-corrected chi connectivity index (χ1v) is 10.3. The van der Waals surface area contributed by atoms with E-state index < -0.39 is 11.9 Å². The van der Waals surface area contributed by atoms with Gasteiger partial charge in [0, 0.05) is 26.2 Å². The molecule has 0 spiro atoms. The van der Waals surface area contributed by atoms with Crippen LogP contribution in [0.2, 0.25) is 0 Å². The first-order chi connectivity index (χ1) is 16.3. The third kappa shape index (κ3) is 3.64. The maximum atomic E-state index is 13.5. The average Bonchev–Trinajstić information content (AvgIpc) is 3.50. The molecular formula is C21H19F3N10. The number of pyridine rings is 2. The van der Waals surface area contributed by atoms with E-state index in [0.29, 0.717) is 29.4 Å². The van der Waals surface area contributed by atoms with Crippen molar-refractivity contribution in [3.8, 4) is 34.2 Å². The largest absolute Gasteiger partial charge is 0.433 e. The maximum absolute atomic E-state index is 13.5. The van der Waals surface area contributed by atoms with E-state index in [4.69, 9.17) is 0 Å². The van der Waals surface area contributed by atoms with Crippen molar-refractivity contribution in [1.82, 2.24) is 44.1 Å². The molecule has 34 heavy (non-hydrogen) atoms. The number of halogens is 3. The highest BCUT2D eigenvalue weighted by Crippen LogP contribution is 2.34. The van der Waals surface area contributed by atoms with Crippen molar-refractivity contribution in [2.45, 2.75) is 13.1 Å². The van der Waals surface area contributed by atoms with Gasteiger partial charge >= 0.3 is 6.18 Å². The van der Waals surface area contributed by atoms with Gasteiger partial charge in [-0.3, -0.25) is 4.68 Å². The van der Waals surface area contributed by atoms with Crippen LogP contribution in [-0.2, 0) is 20.3 Å². The minimum absolute atomic E-state index is 0.0695. The molecular weight excluding hydrogens is 449 g/mol. The van der Waals surface area contributed by atoms with Crippen LogP contribution in [-0.4, -0.2) is 50.7 Å². The molecule has 10 nitrogen and oxygen atoms in total. The van der Waals surface area contributed by atoms with Gasteiger partial charge in [0.05, 0.1) is 17.5 Å². The fourth-order valence-electron chi connectivity index (χ4n) is 3.75. The lowest BCUT2D eigenvalue weighted by Gasteiger charge is -2.11. The summed E-state index contributed by atoms with van der Waals surface area (Å²) >= 11 is 0. The molecule has 5 aromatic rings. The van der Waals surface area contributed by atoms with Crippen LogP contribution in [0.25, 0.3) is 39.8 Å². The fourth-order valence-corrected chi connectivity index (χ4v) is 3.75. The van der Waals surface area contributed by atoms with Crippen molar-refractivity contribution in [2.75, 3.05) is 11.9 Å². The summed E-state index contributed by atoms with van der Waals surface area (Å²) in [6, 6.07) is 7.28. The lowest BCUT2D eigenvalue weighted by Crippen LogP contribution is -2.12. The SMILES string of the molecule is CCNc1cc(-c2c(-c3nncn3C)cnn2C)cc(-c2nc3cccc(C(F)(F)F)n3n2)n1. The number of nitrogens with one attached hydrogen (secondary N) is 1. The molecule has 0 aromatic carbocycles. The van der Waals surface area contributed by atoms with Gasteiger partial charge < -0.3 is 9.88 Å². The minimum atomic E-state index is -4.58. The summed E-state index contributed by atoms with van der Waals surface area (Å²) in [4.78, 5) is 8.84. The molecule has 0 saturated carbocycles. The summed E-state index contributed by atoms with van der Waals surface area (Å²) in [5.74, 6) is 1.21. The highest BCUT2D eigenvalue weighted by atomic mass is 19.4. The van der Waals surface area contributed by atoms with Gasteiger partial charge in [0.1, 0.15) is 23.5 Å². The van der Waals surface area contributed by atoms with Crippen LogP contribution in [0.15, 0.2) is 42.9 Å². The van der Waals surface area contributed by atoms with Gasteiger partial charge in [-0.1, -0.05) is 6.07 Å². The van der Waals surface area contributed by atoms with Crippen molar-refractivity contribution in [1.29, 1.82) is 0 Å². The molecule has 0 radical (unpaired) electrons. The molecule has 0 aliphatic carbocycles. The smallest absolute Gasteiger partial charge is 0.370 e. The second-order valence-electron chi connectivity index (χ2n) is 7.57. The van der Waals surface area contributed by atoms with Gasteiger partial charge in [0.25, 0.3) is 0 Å². The van der Waals surface area contributed by atoms with Crippen LogP contribution in [0.5, 0.6) is 0 Å². The standard InChI is InChI=1S/C21H19F3N10/c1-4-25-16-9-12(18-13(10-27-33(18)3)20-30-26-11-32(20)2)8-14(28-16)19-29-17-7-5-6-15(21(22,23)24)34(17)31-19/h5-11H,4H2,1-3H3,(H,25,28). The Morgan fingerprint density at radius 1 is 1.09 bits per heavy atom. The van der Waals surface area contributed by atoms with E-state index in [1.165, 1.54) is 12.1 Å². The second-order valence-corrected chi connectivity index (χ2v) is 7.57. The van der Waals surface area contributed by atoms with E-state index in [9.17, 15) is 13.2 Å². The zero-order valence-electron chi connectivity index (χ0n) is 18.4. The molecule has 0 unspecified atom stereocenters. The minimum Gasteiger partial charge on any atom is -0.370 e. The normalized spacial score (nSPS) is 11.9. The highest BCUT2D eigenvalue weighted by Gasteiger charge is 2.34. The van der Waals surface area contributed by atoms with Crippen LogP contribution in [0, 0.1) is 0 Å². The van der Waals surface area contributed by atoms with E-state index in [-0.39, 0.29) is 11.5 Å². The molecule has 1 N–H and O–H groups in total. The van der Waals surface area contributed by atoms with E-state index in [1.54, 1.807) is 34.9 Å². The third-order valence-electron chi connectivity index (χ3n) is 5.23. The molecule has 5 aromatic heterocycles. The lowest BCUT2D eigenvalue weighted by molar-refractivity contribution is -0.142. The molecule has 5 heterocycles. The molecule has 0 aliphatic rings. The summed E-state index contributed by atoms with van der Waals surface area (Å²) in [5, 5.41) is 19.8. The zero-order chi connectivity index (χ0) is 24.0. The Morgan fingerprint density at radius 2 is 1.91 bits per heavy atom. The number of aromatic nitrogens is 9. The Balaban J connectivity index is 1.70. The Labute approximate surface area is 191 Å². The molecule has 0 fully saturated rings. The van der Waals surface area contributed by atoms with Crippen LogP contribution in [0.1, 0.15) is 12.6 Å². The molecule has 0 atom stereocenters. The van der Waals surface area contributed by atoms with Crippen molar-refractivity contribution in [3.63, 3.8) is 0 Å². The summed E-state index contributed by atoms with van der Waals surface area (Å²) in [7, 11) is 3.62. The number of alkyl halides is 3. The number of hydrogen-bond acceptors (Lipinski definition) is 7. The predicted octanol–water partition coefficient (Wildman–Crippen LogP) is 3.44. The molecule has 0 aliphatic heterocycles. The maximum Gasteiger partial charge on any atom is 0.433 e. The number of anilines is 1. The van der Waals surface area contributed by atoms with Crippen molar-refractivity contribution in [2.24, 2.45) is 14.1 Å². The predicted molar refractivity (Wildman–Crippen MR) is 118 cm³/mol. The van der Waals surface area contributed by atoms with Crippen LogP contribution in [0.4, 0.5) is 19.0 Å². The number of rotatable bonds is 5. The molecule has 174 valence electrons. The van der Waals surface area contributed by atoms with E-state index in [0.717, 1.165) is 21.8 Å². The zero-order valence-corrected chi connectivity index (χ0v) is 18.4. The van der Waals surface area contributed by atoms with Gasteiger partial charge in [-0.15, -0.1) is 15.3 Å². The molecule has 5 rings (SSSR count). The summed E-state index contributed by atoms with van der Waals surface area (Å²) in [6.07, 6.45) is -1.30. The van der Waals surface area contributed by atoms with Crippen molar-refractivity contribution in [3.05, 3.63) is 48.5 Å². The van der Waals surface area contributed by atoms with Crippen molar-refractivity contribution < 1.29 is 13.2 Å². The molecule has 13 heteroatoms. The van der Waals surface area contributed by atoms with Gasteiger partial charge in [-0.25, -0.2) is 14.5 Å². The topological polar surface area (TPSA) is 104 Å². The molecule has 0 saturated heterocycles. The summed E-state index contributed by atoms with van der Waals surface area (Å²) in [5.41, 5.74) is 1.66. The van der Waals surface area contributed by atoms with E-state index >= 15 is 0 Å². The van der Waals surface area contributed by atoms with Crippen LogP contribution in [0.3, 0.4) is 0 Å². The highest BCUT2D eigenvalue weighted by molar-refractivity contribution is 5.81. The van der Waals surface area contributed by atoms with Crippen molar-refractivity contribution >= 4 is 11.5 Å². The monoisotopic (exact) mass is 468 g/mol. The Morgan fingerprint density at radius 3 is 2.62 bits per heavy atom. The first-order valence-electron chi connectivity index (χ1n) is 10.3. The van der Waals surface area contributed by atoms with Gasteiger partial charge in [-0.05, 0) is 31.2 Å². The average molecular weight is 468 g/mol. The van der Waals surface area contributed by atoms with Gasteiger partial charge in [-0.2, -0.15) is 18.3 Å². The molecule has 0 bridgehead atoms. The van der Waals surface area contributed by atoms with Crippen LogP contribution >= 0.6 is 0 Å². The Hall–Kier alpha value is -4.29. The summed E-state index contributed by atoms with van der Waals surface area (Å²) < 4.78 is 44.6. The Kier molecular flexibility index (Phi) is 5.03. The fraction of sp³-hybridized carbons (Fsp3) is 0.238. The summed E-state index contributed by atoms with van der Waals surface area (Å²) in [6.45, 7) is 2.51. The number of nitrogens with zero attached hydrogens (tertiary/aromatic N) is 9. The van der Waals surface area contributed by atoms with E-state index in [2.05, 4.69) is 35.7 Å². The van der Waals surface area contributed by atoms with Crippen LogP contribution < -0.4 is 5.32 Å². The quantitative estimate of drug-likeness (QED) is 0.421. The number of fused-ring (bicyclic) bond motifs is 1. The first kappa shape index (κ1) is 21.6. The van der Waals surface area contributed by atoms with Gasteiger partial charge in [0.2, 0.25) is 5.82 Å². The Bertz CT molecular complexity index is 1490. The third-order valence-corrected chi connectivity index (χ3v) is 5.23. The number of aryl methyl sites for hydroxylation is 2. The lowest BCUT2D eigenvalue weighted by atomic mass is 10.1.